The van der Waals surface area contributed by atoms with Gasteiger partial charge in [0.2, 0.25) is 18.2 Å². The summed E-state index contributed by atoms with van der Waals surface area (Å²) in [6.07, 6.45) is 6.73. The molecule has 0 radical (unpaired) electrons. The highest BCUT2D eigenvalue weighted by Gasteiger charge is 2.15. The molecule has 1 rings (SSSR count). The summed E-state index contributed by atoms with van der Waals surface area (Å²) in [6, 6.07) is 1.49. The smallest absolute Gasteiger partial charge is 0.211 e. The van der Waals surface area contributed by atoms with Crippen LogP contribution in [-0.4, -0.2) is 18.2 Å². The van der Waals surface area contributed by atoms with E-state index in [9.17, 15) is 14.4 Å². The lowest BCUT2D eigenvalue weighted by atomic mass is 9.99. The van der Waals surface area contributed by atoms with Gasteiger partial charge >= 0.3 is 0 Å². The number of nitrogens with zero attached hydrogens (tertiary/aromatic N) is 3. The normalized spacial score (nSPS) is 9.10. The van der Waals surface area contributed by atoms with Gasteiger partial charge in [0.25, 0.3) is 0 Å². The second-order valence-corrected chi connectivity index (χ2v) is 4.08. The third kappa shape index (κ3) is 3.44. The van der Waals surface area contributed by atoms with Gasteiger partial charge in [-0.1, -0.05) is 13.3 Å². The van der Waals surface area contributed by atoms with E-state index in [2.05, 4.69) is 15.0 Å². The van der Waals surface area contributed by atoms with E-state index < -0.39 is 0 Å². The van der Waals surface area contributed by atoms with E-state index in [4.69, 9.17) is 0 Å². The maximum Gasteiger partial charge on any atom is 0.240 e. The highest BCUT2D eigenvalue weighted by Crippen LogP contribution is 2.39. The summed E-state index contributed by atoms with van der Waals surface area (Å²) in [5.74, 6) is 0. The van der Waals surface area contributed by atoms with Crippen LogP contribution in [0.5, 0.6) is 0 Å². The molecule has 0 heterocycles. The van der Waals surface area contributed by atoms with Crippen molar-refractivity contribution in [3.8, 4) is 0 Å². The lowest BCUT2D eigenvalue weighted by Crippen LogP contribution is -1.91. The fourth-order valence-corrected chi connectivity index (χ4v) is 1.91. The van der Waals surface area contributed by atoms with Crippen LogP contribution >= 0.6 is 0 Å². The molecule has 0 unspecified atom stereocenters. The van der Waals surface area contributed by atoms with Crippen molar-refractivity contribution < 1.29 is 14.4 Å². The minimum atomic E-state index is 0.267. The van der Waals surface area contributed by atoms with E-state index in [1.165, 1.54) is 24.3 Å². The predicted molar refractivity (Wildman–Crippen MR) is 73.1 cm³/mol. The number of rotatable bonds is 6. The summed E-state index contributed by atoms with van der Waals surface area (Å²) in [7, 11) is 0. The molecule has 0 aliphatic carbocycles. The molecule has 0 aliphatic heterocycles. The summed E-state index contributed by atoms with van der Waals surface area (Å²) in [6.45, 7) is 3.69. The second kappa shape index (κ2) is 7.72. The van der Waals surface area contributed by atoms with Crippen LogP contribution in [-0.2, 0) is 20.8 Å². The van der Waals surface area contributed by atoms with Crippen molar-refractivity contribution in [2.45, 2.75) is 33.1 Å². The van der Waals surface area contributed by atoms with Gasteiger partial charge in [0.15, 0.2) is 0 Å². The van der Waals surface area contributed by atoms with Crippen LogP contribution in [0.3, 0.4) is 0 Å². The van der Waals surface area contributed by atoms with Gasteiger partial charge in [-0.05, 0) is 25.8 Å². The Hall–Kier alpha value is -2.64. The van der Waals surface area contributed by atoms with E-state index in [-0.39, 0.29) is 5.69 Å². The lowest BCUT2D eigenvalue weighted by Gasteiger charge is -2.11. The van der Waals surface area contributed by atoms with Gasteiger partial charge in [-0.15, -0.1) is 0 Å². The van der Waals surface area contributed by atoms with Crippen LogP contribution in [0.25, 0.3) is 0 Å². The summed E-state index contributed by atoms with van der Waals surface area (Å²) in [5, 5.41) is 0. The first kappa shape index (κ1) is 15.4. The Morgan fingerprint density at radius 3 is 2.15 bits per heavy atom. The van der Waals surface area contributed by atoms with Crippen LogP contribution < -0.4 is 0 Å². The molecule has 0 aromatic heterocycles. The minimum absolute atomic E-state index is 0.267. The number of carbonyl (C=O) groups excluding carboxylic acids is 3. The molecule has 0 fully saturated rings. The maximum atomic E-state index is 10.6. The van der Waals surface area contributed by atoms with Gasteiger partial charge < -0.3 is 0 Å². The highest BCUT2D eigenvalue weighted by atomic mass is 16.1. The lowest BCUT2D eigenvalue weighted by molar-refractivity contribution is 0.564. The van der Waals surface area contributed by atoms with Crippen molar-refractivity contribution >= 4 is 35.3 Å². The molecule has 0 saturated carbocycles. The van der Waals surface area contributed by atoms with Crippen molar-refractivity contribution in [1.29, 1.82) is 0 Å². The minimum Gasteiger partial charge on any atom is -0.211 e. The zero-order chi connectivity index (χ0) is 15.0. The molecule has 1 aromatic carbocycles. The molecule has 0 bridgehead atoms. The number of isocyanates is 3. The van der Waals surface area contributed by atoms with Gasteiger partial charge in [0, 0.05) is 11.1 Å². The molecule has 20 heavy (non-hydrogen) atoms. The van der Waals surface area contributed by atoms with Gasteiger partial charge in [-0.2, -0.15) is 15.0 Å². The zero-order valence-corrected chi connectivity index (χ0v) is 11.3. The summed E-state index contributed by atoms with van der Waals surface area (Å²) in [4.78, 5) is 42.3. The molecule has 0 spiro atoms. The summed E-state index contributed by atoms with van der Waals surface area (Å²) in [5.41, 5.74) is 2.12. The highest BCUT2D eigenvalue weighted by molar-refractivity contribution is 5.76. The Kier molecular flexibility index (Phi) is 5.95. The van der Waals surface area contributed by atoms with E-state index in [0.717, 1.165) is 12.8 Å². The molecule has 0 amide bonds. The monoisotopic (exact) mass is 271 g/mol. The number of unbranched alkanes of at least 4 members (excludes halogenated alkanes) is 1. The molecule has 0 atom stereocenters. The van der Waals surface area contributed by atoms with Gasteiger partial charge in [-0.3, -0.25) is 0 Å². The van der Waals surface area contributed by atoms with Crippen LogP contribution in [0, 0.1) is 6.92 Å². The largest absolute Gasteiger partial charge is 0.240 e. The Morgan fingerprint density at radius 1 is 1.00 bits per heavy atom. The van der Waals surface area contributed by atoms with Gasteiger partial charge in [0.05, 0.1) is 17.1 Å². The van der Waals surface area contributed by atoms with Crippen LogP contribution in [0.4, 0.5) is 17.1 Å². The van der Waals surface area contributed by atoms with E-state index in [1.807, 2.05) is 6.92 Å². The third-order valence-electron chi connectivity index (χ3n) is 2.88. The molecule has 6 heteroatoms. The molecule has 1 aromatic rings. The fourth-order valence-electron chi connectivity index (χ4n) is 1.91. The van der Waals surface area contributed by atoms with Crippen molar-refractivity contribution in [3.05, 3.63) is 17.2 Å². The van der Waals surface area contributed by atoms with Crippen LogP contribution in [0.15, 0.2) is 21.0 Å². The average Bonchev–Trinajstić information content (AvgIpc) is 2.44. The molecule has 102 valence electrons. The summed E-state index contributed by atoms with van der Waals surface area (Å²) >= 11 is 0. The molecule has 0 aliphatic rings. The number of aliphatic imine (C=N–C) groups is 3. The van der Waals surface area contributed by atoms with Crippen molar-refractivity contribution in [3.63, 3.8) is 0 Å². The standard InChI is InChI=1S/C14H13N3O3/c1-3-4-5-11-13(16-8-19)6-12(15-7-18)10(2)14(11)17-9-20/h6H,3-5H2,1-2H3. The fraction of sp³-hybridized carbons (Fsp3) is 0.357. The van der Waals surface area contributed by atoms with E-state index in [0.29, 0.717) is 28.9 Å². The van der Waals surface area contributed by atoms with Gasteiger partial charge in [0.1, 0.15) is 0 Å². The second-order valence-electron chi connectivity index (χ2n) is 4.08. The Labute approximate surface area is 116 Å². The topological polar surface area (TPSA) is 88.3 Å². The number of benzene rings is 1. The first-order chi connectivity index (χ1) is 9.69. The number of hydrogen-bond acceptors (Lipinski definition) is 6. The predicted octanol–water partition coefficient (Wildman–Crippen LogP) is 3.24. The van der Waals surface area contributed by atoms with E-state index >= 15 is 0 Å². The number of hydrogen-bond donors (Lipinski definition) is 0. The summed E-state index contributed by atoms with van der Waals surface area (Å²) < 4.78 is 0. The van der Waals surface area contributed by atoms with Crippen molar-refractivity contribution in [2.24, 2.45) is 15.0 Å². The Morgan fingerprint density at radius 2 is 1.60 bits per heavy atom. The Bertz CT molecular complexity index is 648. The Balaban J connectivity index is 3.66. The molecular formula is C14H13N3O3. The third-order valence-corrected chi connectivity index (χ3v) is 2.88. The molecule has 0 N–H and O–H groups in total. The van der Waals surface area contributed by atoms with Gasteiger partial charge in [-0.25, -0.2) is 14.4 Å². The van der Waals surface area contributed by atoms with Crippen LogP contribution in [0.1, 0.15) is 30.9 Å². The molecular weight excluding hydrogens is 258 g/mol. The van der Waals surface area contributed by atoms with Crippen molar-refractivity contribution in [2.75, 3.05) is 0 Å². The molecule has 0 saturated heterocycles. The first-order valence-corrected chi connectivity index (χ1v) is 6.09. The van der Waals surface area contributed by atoms with Crippen LogP contribution in [0.2, 0.25) is 0 Å². The average molecular weight is 271 g/mol. The SMILES string of the molecule is CCCCc1c(N=C=O)cc(N=C=O)c(C)c1N=C=O. The van der Waals surface area contributed by atoms with E-state index in [1.54, 1.807) is 6.92 Å². The van der Waals surface area contributed by atoms with Crippen molar-refractivity contribution in [1.82, 2.24) is 0 Å². The zero-order valence-electron chi connectivity index (χ0n) is 11.3. The first-order valence-electron chi connectivity index (χ1n) is 6.09. The molecule has 6 nitrogen and oxygen atoms in total. The maximum absolute atomic E-state index is 10.6. The quantitative estimate of drug-likeness (QED) is 0.587.